The minimum atomic E-state index is -6.33. The molecule has 2 aliphatic rings. The summed E-state index contributed by atoms with van der Waals surface area (Å²) in [6.07, 6.45) is 8.89. The fourth-order valence-corrected chi connectivity index (χ4v) is 29.9. The van der Waals surface area contributed by atoms with Gasteiger partial charge in [-0.25, -0.2) is 0 Å². The molecule has 0 saturated carbocycles. The van der Waals surface area contributed by atoms with Crippen molar-refractivity contribution in [2.45, 2.75) is 73.5 Å². The number of benzene rings is 6. The molecule has 6 aromatic carbocycles. The van der Waals surface area contributed by atoms with Gasteiger partial charge in [-0.3, -0.25) is 0 Å². The molecule has 6 aromatic rings. The normalized spacial score (nSPS) is 16.0. The summed E-state index contributed by atoms with van der Waals surface area (Å²) in [5, 5.41) is 6.64. The molecule has 0 aromatic heterocycles. The quantitative estimate of drug-likeness (QED) is 0.101. The maximum atomic E-state index is 14.0. The van der Waals surface area contributed by atoms with Crippen LogP contribution in [0.2, 0.25) is 0 Å². The summed E-state index contributed by atoms with van der Waals surface area (Å²) >= 11 is -6.33. The van der Waals surface area contributed by atoms with Crippen molar-refractivity contribution in [2.75, 3.05) is 0 Å². The third kappa shape index (κ3) is 7.93. The van der Waals surface area contributed by atoms with E-state index in [0.29, 0.717) is 0 Å². The van der Waals surface area contributed by atoms with Crippen molar-refractivity contribution in [3.05, 3.63) is 190 Å². The molecular formula is C54H54BCl2N2O2Zr. The van der Waals surface area contributed by atoms with Crippen molar-refractivity contribution in [1.29, 1.82) is 0 Å². The van der Waals surface area contributed by atoms with Crippen LogP contribution in [0.4, 0.5) is 0 Å². The Morgan fingerprint density at radius 1 is 0.500 bits per heavy atom. The van der Waals surface area contributed by atoms with E-state index < -0.39 is 27.9 Å². The van der Waals surface area contributed by atoms with E-state index in [1.54, 1.807) is 0 Å². The van der Waals surface area contributed by atoms with Crippen LogP contribution in [-0.4, -0.2) is 16.3 Å². The van der Waals surface area contributed by atoms with Crippen LogP contribution in [0.3, 0.4) is 0 Å². The predicted octanol–water partition coefficient (Wildman–Crippen LogP) is 13.9. The molecule has 2 atom stereocenters. The Bertz CT molecular complexity index is 2520. The molecular weight excluding hydrogens is 882 g/mol. The van der Waals surface area contributed by atoms with Crippen LogP contribution >= 0.6 is 17.0 Å². The number of allylic oxidation sites excluding steroid dienone is 2. The van der Waals surface area contributed by atoms with Gasteiger partial charge in [-0.1, -0.05) is 0 Å². The van der Waals surface area contributed by atoms with Crippen molar-refractivity contribution in [3.63, 3.8) is 0 Å². The Hall–Kier alpha value is -4.73. The first-order valence-electron chi connectivity index (χ1n) is 22.2. The molecule has 2 amide bonds. The number of amides is 2. The minimum absolute atomic E-state index is 0.194. The van der Waals surface area contributed by atoms with Crippen LogP contribution in [0, 0.1) is 0 Å². The predicted molar refractivity (Wildman–Crippen MR) is 260 cm³/mol. The summed E-state index contributed by atoms with van der Waals surface area (Å²) < 4.78 is -2.21. The molecule has 313 valence electrons. The molecule has 8 heteroatoms. The van der Waals surface area contributed by atoms with E-state index in [9.17, 15) is 9.59 Å². The number of halogens is 2. The number of nitrogens with one attached hydrogen (secondary N) is 2. The van der Waals surface area contributed by atoms with Gasteiger partial charge >= 0.3 is 379 Å². The zero-order valence-corrected chi connectivity index (χ0v) is 40.0. The average molecular weight is 936 g/mol. The van der Waals surface area contributed by atoms with Gasteiger partial charge in [-0.15, -0.1) is 0 Å². The second-order valence-corrected chi connectivity index (χ2v) is 38.1. The Kier molecular flexibility index (Phi) is 13.1. The number of hydrogen-bond donors (Lipinski definition) is 2. The molecule has 8 rings (SSSR count). The summed E-state index contributed by atoms with van der Waals surface area (Å²) in [4.78, 5) is 28.0. The Labute approximate surface area is 375 Å². The first-order valence-corrected chi connectivity index (χ1v) is 32.8. The van der Waals surface area contributed by atoms with Crippen molar-refractivity contribution >= 4 is 56.7 Å². The van der Waals surface area contributed by atoms with Gasteiger partial charge in [0.25, 0.3) is 0 Å². The molecule has 2 aliphatic carbocycles. The molecule has 2 unspecified atom stereocenters. The van der Waals surface area contributed by atoms with Crippen molar-refractivity contribution in [2.24, 2.45) is 0 Å². The Morgan fingerprint density at radius 3 is 1.26 bits per heavy atom. The fraction of sp³-hybridized carbons (Fsp3) is 0.222. The van der Waals surface area contributed by atoms with Gasteiger partial charge in [0.1, 0.15) is 0 Å². The second kappa shape index (κ2) is 18.5. The summed E-state index contributed by atoms with van der Waals surface area (Å²) in [5.41, 5.74) is 15.3. The molecule has 0 saturated heterocycles. The summed E-state index contributed by atoms with van der Waals surface area (Å²) in [7, 11) is 18.3. The van der Waals surface area contributed by atoms with Crippen molar-refractivity contribution in [3.8, 4) is 22.3 Å². The van der Waals surface area contributed by atoms with Crippen LogP contribution < -0.4 is 10.5 Å². The molecule has 62 heavy (non-hydrogen) atoms. The van der Waals surface area contributed by atoms with Gasteiger partial charge in [0.05, 0.1) is 0 Å². The molecule has 0 radical (unpaired) electrons. The number of carbonyl (C=O) groups excluding carboxylic acids is 2. The fourth-order valence-electron chi connectivity index (χ4n) is 10.1. The van der Waals surface area contributed by atoms with Crippen molar-refractivity contribution in [1.82, 2.24) is 10.5 Å². The van der Waals surface area contributed by atoms with Crippen LogP contribution in [-0.2, 0) is 38.6 Å². The van der Waals surface area contributed by atoms with Crippen LogP contribution in [0.1, 0.15) is 105 Å². The maximum absolute atomic E-state index is 14.0. The molecule has 4 nitrogen and oxygen atoms in total. The Balaban J connectivity index is 1.50. The van der Waals surface area contributed by atoms with E-state index in [4.69, 9.17) is 17.0 Å². The number of carbonyl (C=O) groups is 2. The van der Waals surface area contributed by atoms with Crippen molar-refractivity contribution < 1.29 is 25.8 Å². The third-order valence-electron chi connectivity index (χ3n) is 12.9. The first kappa shape index (κ1) is 43.9. The number of fused-ring (bicyclic) bond motifs is 2. The molecule has 0 heterocycles. The van der Waals surface area contributed by atoms with Crippen LogP contribution in [0.5, 0.6) is 0 Å². The summed E-state index contributed by atoms with van der Waals surface area (Å²) in [6, 6.07) is 51.1. The molecule has 0 aliphatic heterocycles. The number of hydrogen-bond acceptors (Lipinski definition) is 2. The third-order valence-corrected chi connectivity index (χ3v) is 32.5. The Morgan fingerprint density at radius 2 is 0.871 bits per heavy atom. The van der Waals surface area contributed by atoms with Gasteiger partial charge in [0.15, 0.2) is 0 Å². The topological polar surface area (TPSA) is 58.2 Å². The number of rotatable bonds is 15. The van der Waals surface area contributed by atoms with Crippen LogP contribution in [0.15, 0.2) is 146 Å². The SMILES string of the molecule is CCCc1ccccc1-c1cccc2c1C=C(c1ccccc1)[CH]2[Zr]([Cl])([Cl])([B](NC(=O)CC)NC(=O)CC)[CH]1C(c2ccccc2)=Cc2c(-c3ccccc3CCC)cccc21. The average Bonchev–Trinajstić information content (AvgIpc) is 3.92. The zero-order chi connectivity index (χ0) is 43.5. The molecule has 0 bridgehead atoms. The van der Waals surface area contributed by atoms with E-state index in [-0.39, 0.29) is 24.7 Å². The van der Waals surface area contributed by atoms with E-state index in [1.165, 1.54) is 22.3 Å². The van der Waals surface area contributed by atoms with E-state index in [1.807, 2.05) is 26.0 Å². The first-order chi connectivity index (χ1) is 30.1. The van der Waals surface area contributed by atoms with E-state index >= 15 is 0 Å². The van der Waals surface area contributed by atoms with Crippen LogP contribution in [0.25, 0.3) is 45.6 Å². The van der Waals surface area contributed by atoms with Gasteiger partial charge in [0, 0.05) is 0 Å². The molecule has 2 N–H and O–H groups in total. The van der Waals surface area contributed by atoms with Gasteiger partial charge in [-0.05, 0) is 0 Å². The van der Waals surface area contributed by atoms with Gasteiger partial charge < -0.3 is 0 Å². The van der Waals surface area contributed by atoms with E-state index in [2.05, 4.69) is 170 Å². The van der Waals surface area contributed by atoms with E-state index in [0.717, 1.165) is 81.3 Å². The summed E-state index contributed by atoms with van der Waals surface area (Å²) in [6.45, 7) is 8.06. The molecule has 0 spiro atoms. The zero-order valence-electron chi connectivity index (χ0n) is 36.1. The summed E-state index contributed by atoms with van der Waals surface area (Å²) in [5.74, 6) is -0.464. The van der Waals surface area contributed by atoms with Gasteiger partial charge in [0.2, 0.25) is 0 Å². The number of aryl methyl sites for hydroxylation is 2. The molecule has 0 fully saturated rings. The second-order valence-electron chi connectivity index (χ2n) is 16.7. The monoisotopic (exact) mass is 933 g/mol. The van der Waals surface area contributed by atoms with Gasteiger partial charge in [-0.2, -0.15) is 0 Å². The standard InChI is InChI=1S/2C24H21.C6H11BN2O2.2ClH.Zr/c2*1-2-9-19-12-6-7-14-22(19)23-15-8-13-20-16-21(17-24(20)23)18-10-4-3-5-11-18;1-3-5(10)8-7-9-6(11)4-2;;;/h2*3-8,10-17H,2,9H2,1H3;3-4H2,1-2H3,(H-,8,9,10,11);2*1H;/q;;;;;+1/p-1.